The molecular weight excluding hydrogens is 290 g/mol. The molecule has 1 atom stereocenters. The molecule has 1 unspecified atom stereocenters. The van der Waals surface area contributed by atoms with Gasteiger partial charge in [0.1, 0.15) is 18.1 Å². The van der Waals surface area contributed by atoms with Crippen LogP contribution in [0.5, 0.6) is 5.75 Å². The second-order valence-corrected chi connectivity index (χ2v) is 5.50. The summed E-state index contributed by atoms with van der Waals surface area (Å²) in [7, 11) is 0. The number of nitrogens with one attached hydrogen (secondary N) is 2. The first-order valence-corrected chi connectivity index (χ1v) is 7.53. The van der Waals surface area contributed by atoms with Crippen molar-refractivity contribution < 1.29 is 9.47 Å². The summed E-state index contributed by atoms with van der Waals surface area (Å²) < 4.78 is 11.8. The average Bonchev–Trinajstić information content (AvgIpc) is 3.19. The van der Waals surface area contributed by atoms with Crippen LogP contribution in [0.3, 0.4) is 0 Å². The van der Waals surface area contributed by atoms with Crippen LogP contribution < -0.4 is 10.1 Å². The van der Waals surface area contributed by atoms with Crippen molar-refractivity contribution in [3.8, 4) is 5.75 Å². The van der Waals surface area contributed by atoms with Gasteiger partial charge < -0.3 is 14.8 Å². The van der Waals surface area contributed by atoms with Crippen molar-refractivity contribution in [2.24, 2.45) is 0 Å². The number of hydrogen-bond donors (Lipinski definition) is 2. The van der Waals surface area contributed by atoms with E-state index in [0.29, 0.717) is 6.61 Å². The molecule has 0 amide bonds. The van der Waals surface area contributed by atoms with E-state index in [1.54, 1.807) is 6.20 Å². The quantitative estimate of drug-likeness (QED) is 0.774. The molecular formula is C18H17N3O2. The zero-order chi connectivity index (χ0) is 15.6. The molecule has 0 saturated heterocycles. The summed E-state index contributed by atoms with van der Waals surface area (Å²) in [6.45, 7) is 2.39. The number of allylic oxidation sites excluding steroid dienone is 1. The zero-order valence-electron chi connectivity index (χ0n) is 12.7. The third kappa shape index (κ3) is 2.73. The van der Waals surface area contributed by atoms with E-state index in [4.69, 9.17) is 9.47 Å². The maximum Gasteiger partial charge on any atom is 0.195 e. The molecule has 23 heavy (non-hydrogen) atoms. The molecule has 0 aliphatic carbocycles. The lowest BCUT2D eigenvalue weighted by Crippen LogP contribution is -2.19. The van der Waals surface area contributed by atoms with Crippen molar-refractivity contribution in [1.29, 1.82) is 0 Å². The van der Waals surface area contributed by atoms with E-state index in [1.165, 1.54) is 0 Å². The summed E-state index contributed by atoms with van der Waals surface area (Å²) in [4.78, 5) is 0. The van der Waals surface area contributed by atoms with Crippen LogP contribution in [-0.4, -0.2) is 16.8 Å². The maximum atomic E-state index is 5.88. The van der Waals surface area contributed by atoms with E-state index in [9.17, 15) is 0 Å². The SMILES string of the molecule is CC1=C(COc2ccc3cn[nH]c3c2)NC(c2ccccc2)O1. The Bertz CT molecular complexity index is 855. The van der Waals surface area contributed by atoms with Gasteiger partial charge in [0.15, 0.2) is 6.23 Å². The monoisotopic (exact) mass is 307 g/mol. The molecule has 1 aliphatic heterocycles. The van der Waals surface area contributed by atoms with Crippen LogP contribution >= 0.6 is 0 Å². The van der Waals surface area contributed by atoms with E-state index in [1.807, 2.05) is 55.5 Å². The van der Waals surface area contributed by atoms with Crippen molar-refractivity contribution in [2.75, 3.05) is 6.61 Å². The minimum atomic E-state index is -0.148. The van der Waals surface area contributed by atoms with Gasteiger partial charge in [-0.05, 0) is 19.1 Å². The number of benzene rings is 2. The van der Waals surface area contributed by atoms with Crippen LogP contribution in [0.15, 0.2) is 66.2 Å². The standard InChI is InChI=1S/C18H17N3O2/c1-12-17(20-18(23-12)13-5-3-2-4-6-13)11-22-15-8-7-14-10-19-21-16(14)9-15/h2-10,18,20H,11H2,1H3,(H,19,21). The highest BCUT2D eigenvalue weighted by molar-refractivity contribution is 5.79. The average molecular weight is 307 g/mol. The molecule has 0 spiro atoms. The summed E-state index contributed by atoms with van der Waals surface area (Å²) in [6.07, 6.45) is 1.65. The van der Waals surface area contributed by atoms with E-state index >= 15 is 0 Å². The molecule has 2 heterocycles. The topological polar surface area (TPSA) is 59.2 Å². The third-order valence-electron chi connectivity index (χ3n) is 3.92. The predicted octanol–water partition coefficient (Wildman–Crippen LogP) is 3.49. The second-order valence-electron chi connectivity index (χ2n) is 5.50. The minimum Gasteiger partial charge on any atom is -0.487 e. The Morgan fingerprint density at radius 3 is 2.91 bits per heavy atom. The lowest BCUT2D eigenvalue weighted by molar-refractivity contribution is 0.130. The van der Waals surface area contributed by atoms with Crippen molar-refractivity contribution in [3.63, 3.8) is 0 Å². The number of nitrogens with zero attached hydrogens (tertiary/aromatic N) is 1. The van der Waals surface area contributed by atoms with Crippen LogP contribution in [0.25, 0.3) is 10.9 Å². The fourth-order valence-electron chi connectivity index (χ4n) is 2.62. The molecule has 2 aromatic carbocycles. The number of H-pyrrole nitrogens is 1. The molecule has 116 valence electrons. The fraction of sp³-hybridized carbons (Fsp3) is 0.167. The first kappa shape index (κ1) is 13.7. The highest BCUT2D eigenvalue weighted by Gasteiger charge is 2.23. The molecule has 5 nitrogen and oxygen atoms in total. The lowest BCUT2D eigenvalue weighted by Gasteiger charge is -2.13. The molecule has 4 rings (SSSR count). The minimum absolute atomic E-state index is 0.148. The normalized spacial score (nSPS) is 17.2. The van der Waals surface area contributed by atoms with Gasteiger partial charge in [0.05, 0.1) is 17.4 Å². The third-order valence-corrected chi connectivity index (χ3v) is 3.92. The van der Waals surface area contributed by atoms with Gasteiger partial charge in [-0.15, -0.1) is 0 Å². The van der Waals surface area contributed by atoms with Crippen LogP contribution in [-0.2, 0) is 4.74 Å². The molecule has 0 radical (unpaired) electrons. The Hall–Kier alpha value is -2.95. The number of aromatic nitrogens is 2. The first-order valence-electron chi connectivity index (χ1n) is 7.53. The number of hydrogen-bond acceptors (Lipinski definition) is 4. The molecule has 2 N–H and O–H groups in total. The van der Waals surface area contributed by atoms with Crippen LogP contribution in [0.2, 0.25) is 0 Å². The smallest absolute Gasteiger partial charge is 0.195 e. The molecule has 3 aromatic rings. The summed E-state index contributed by atoms with van der Waals surface area (Å²) >= 11 is 0. The number of ether oxygens (including phenoxy) is 2. The van der Waals surface area contributed by atoms with E-state index < -0.39 is 0 Å². The molecule has 0 saturated carbocycles. The molecule has 1 aromatic heterocycles. The van der Waals surface area contributed by atoms with E-state index in [2.05, 4.69) is 15.5 Å². The van der Waals surface area contributed by atoms with Crippen molar-refractivity contribution in [1.82, 2.24) is 15.5 Å². The van der Waals surface area contributed by atoms with Gasteiger partial charge in [-0.3, -0.25) is 5.10 Å². The Balaban J connectivity index is 1.43. The maximum absolute atomic E-state index is 5.88. The molecule has 0 fully saturated rings. The van der Waals surface area contributed by atoms with Crippen molar-refractivity contribution >= 4 is 10.9 Å². The Kier molecular flexibility index (Phi) is 3.38. The first-order chi connectivity index (χ1) is 11.3. The van der Waals surface area contributed by atoms with Crippen molar-refractivity contribution in [2.45, 2.75) is 13.2 Å². The van der Waals surface area contributed by atoms with Gasteiger partial charge in [-0.2, -0.15) is 5.10 Å². The number of rotatable bonds is 4. The second kappa shape index (κ2) is 5.68. The van der Waals surface area contributed by atoms with Gasteiger partial charge in [0, 0.05) is 17.0 Å². The highest BCUT2D eigenvalue weighted by atomic mass is 16.5. The Morgan fingerprint density at radius 2 is 2.04 bits per heavy atom. The van der Waals surface area contributed by atoms with Gasteiger partial charge in [0.25, 0.3) is 0 Å². The Morgan fingerprint density at radius 1 is 1.17 bits per heavy atom. The van der Waals surface area contributed by atoms with Gasteiger partial charge >= 0.3 is 0 Å². The van der Waals surface area contributed by atoms with E-state index in [-0.39, 0.29) is 6.23 Å². The van der Waals surface area contributed by atoms with Gasteiger partial charge in [0.2, 0.25) is 0 Å². The van der Waals surface area contributed by atoms with Crippen LogP contribution in [0.4, 0.5) is 0 Å². The summed E-state index contributed by atoms with van der Waals surface area (Å²) in [5, 5.41) is 11.4. The van der Waals surface area contributed by atoms with Crippen molar-refractivity contribution in [3.05, 3.63) is 71.7 Å². The lowest BCUT2D eigenvalue weighted by atomic mass is 10.2. The summed E-state index contributed by atoms with van der Waals surface area (Å²) in [5.74, 6) is 1.66. The zero-order valence-corrected chi connectivity index (χ0v) is 12.7. The van der Waals surface area contributed by atoms with Gasteiger partial charge in [-0.25, -0.2) is 0 Å². The van der Waals surface area contributed by atoms with Crippen LogP contribution in [0.1, 0.15) is 18.7 Å². The van der Waals surface area contributed by atoms with Gasteiger partial charge in [-0.1, -0.05) is 30.3 Å². The Labute approximate surface area is 133 Å². The van der Waals surface area contributed by atoms with E-state index in [0.717, 1.165) is 33.7 Å². The summed E-state index contributed by atoms with van der Waals surface area (Å²) in [6, 6.07) is 16.0. The molecule has 5 heteroatoms. The predicted molar refractivity (Wildman–Crippen MR) is 87.7 cm³/mol. The molecule has 0 bridgehead atoms. The fourth-order valence-corrected chi connectivity index (χ4v) is 2.62. The highest BCUT2D eigenvalue weighted by Crippen LogP contribution is 2.27. The largest absolute Gasteiger partial charge is 0.487 e. The van der Waals surface area contributed by atoms with Crippen LogP contribution in [0, 0.1) is 0 Å². The molecule has 1 aliphatic rings. The number of aromatic amines is 1. The number of fused-ring (bicyclic) bond motifs is 1. The summed E-state index contributed by atoms with van der Waals surface area (Å²) in [5.41, 5.74) is 3.02.